The molecule has 1 radical (unpaired) electrons. The van der Waals surface area contributed by atoms with Crippen molar-refractivity contribution < 1.29 is 4.79 Å². The van der Waals surface area contributed by atoms with Gasteiger partial charge in [0.25, 0.3) is 0 Å². The predicted molar refractivity (Wildman–Crippen MR) is 52.9 cm³/mol. The van der Waals surface area contributed by atoms with E-state index in [2.05, 4.69) is 5.32 Å². The number of anilines is 2. The van der Waals surface area contributed by atoms with Crippen LogP contribution in [0.2, 0.25) is 0 Å². The fraction of sp³-hybridized carbons (Fsp3) is 0.222. The van der Waals surface area contributed by atoms with Crippen molar-refractivity contribution >= 4 is 17.4 Å². The minimum absolute atomic E-state index is 0.644. The number of carbonyl (C=O) groups is 1. The van der Waals surface area contributed by atoms with Crippen LogP contribution in [0.4, 0.5) is 16.2 Å². The van der Waals surface area contributed by atoms with Crippen molar-refractivity contribution in [3.63, 3.8) is 0 Å². The smallest absolute Gasteiger partial charge is 0.337 e. The Balaban J connectivity index is 2.75. The molecule has 0 aliphatic rings. The first kappa shape index (κ1) is 9.38. The Kier molecular flexibility index (Phi) is 2.74. The summed E-state index contributed by atoms with van der Waals surface area (Å²) < 4.78 is 0. The van der Waals surface area contributed by atoms with Crippen LogP contribution in [0, 0.1) is 0 Å². The van der Waals surface area contributed by atoms with Gasteiger partial charge in [0, 0.05) is 25.5 Å². The number of amides is 2. The number of carbonyl (C=O) groups excluding carboxylic acids is 1. The zero-order valence-corrected chi connectivity index (χ0v) is 7.66. The molecule has 0 aromatic heterocycles. The van der Waals surface area contributed by atoms with Crippen molar-refractivity contribution in [3.8, 4) is 0 Å². The number of nitrogens with zero attached hydrogens (tertiary/aromatic N) is 1. The third-order valence-electron chi connectivity index (χ3n) is 1.64. The van der Waals surface area contributed by atoms with Gasteiger partial charge < -0.3 is 10.2 Å². The van der Waals surface area contributed by atoms with E-state index in [9.17, 15) is 4.79 Å². The van der Waals surface area contributed by atoms with E-state index in [1.165, 1.54) is 0 Å². The number of urea groups is 1. The maximum absolute atomic E-state index is 10.4. The van der Waals surface area contributed by atoms with Crippen LogP contribution in [0.5, 0.6) is 0 Å². The van der Waals surface area contributed by atoms with Crippen LogP contribution >= 0.6 is 0 Å². The van der Waals surface area contributed by atoms with Gasteiger partial charge in [0.05, 0.1) is 0 Å². The summed E-state index contributed by atoms with van der Waals surface area (Å²) >= 11 is 0. The summed E-state index contributed by atoms with van der Waals surface area (Å²) in [4.78, 5) is 12.3. The highest BCUT2D eigenvalue weighted by Gasteiger charge is 1.97. The monoisotopic (exact) mass is 178 g/mol. The van der Waals surface area contributed by atoms with E-state index < -0.39 is 6.03 Å². The van der Waals surface area contributed by atoms with E-state index in [-0.39, 0.29) is 0 Å². The topological polar surface area (TPSA) is 56.1 Å². The van der Waals surface area contributed by atoms with Gasteiger partial charge in [-0.25, -0.2) is 10.5 Å². The molecule has 69 valence electrons. The fourth-order valence-corrected chi connectivity index (χ4v) is 0.974. The summed E-state index contributed by atoms with van der Waals surface area (Å²) in [5.74, 6) is 0. The SMILES string of the molecule is CN(C)c1ccc(NC([NH])=O)cc1. The molecule has 13 heavy (non-hydrogen) atoms. The van der Waals surface area contributed by atoms with E-state index in [0.29, 0.717) is 5.69 Å². The number of rotatable bonds is 2. The third kappa shape index (κ3) is 2.66. The van der Waals surface area contributed by atoms with Gasteiger partial charge in [-0.15, -0.1) is 0 Å². The molecule has 0 bridgehead atoms. The Hall–Kier alpha value is -1.71. The maximum atomic E-state index is 10.4. The van der Waals surface area contributed by atoms with Crippen molar-refractivity contribution in [1.82, 2.24) is 5.73 Å². The molecular formula is C9H12N3O. The quantitative estimate of drug-likeness (QED) is 0.747. The first-order chi connectivity index (χ1) is 6.09. The second-order valence-electron chi connectivity index (χ2n) is 2.90. The molecule has 2 N–H and O–H groups in total. The normalized spacial score (nSPS) is 9.38. The Morgan fingerprint density at radius 1 is 1.31 bits per heavy atom. The van der Waals surface area contributed by atoms with Gasteiger partial charge in [0.15, 0.2) is 0 Å². The van der Waals surface area contributed by atoms with Gasteiger partial charge in [0.1, 0.15) is 0 Å². The molecule has 4 heteroatoms. The largest absolute Gasteiger partial charge is 0.378 e. The molecule has 0 aliphatic carbocycles. The Labute approximate surface area is 77.3 Å². The summed E-state index contributed by atoms with van der Waals surface area (Å²) in [6, 6.07) is 6.50. The van der Waals surface area contributed by atoms with E-state index in [1.807, 2.05) is 31.1 Å². The molecular weight excluding hydrogens is 166 g/mol. The molecule has 4 nitrogen and oxygen atoms in total. The highest BCUT2D eigenvalue weighted by Crippen LogP contribution is 2.15. The molecule has 0 atom stereocenters. The van der Waals surface area contributed by atoms with Crippen molar-refractivity contribution in [1.29, 1.82) is 0 Å². The molecule has 1 rings (SSSR count). The molecule has 0 aliphatic heterocycles. The molecule has 0 heterocycles. The molecule has 0 spiro atoms. The number of hydrogen-bond acceptors (Lipinski definition) is 2. The second-order valence-corrected chi connectivity index (χ2v) is 2.90. The lowest BCUT2D eigenvalue weighted by atomic mass is 10.2. The van der Waals surface area contributed by atoms with Crippen LogP contribution in [0.25, 0.3) is 0 Å². The molecule has 0 saturated carbocycles. The predicted octanol–water partition coefficient (Wildman–Crippen LogP) is 1.57. The fourth-order valence-electron chi connectivity index (χ4n) is 0.974. The summed E-state index contributed by atoms with van der Waals surface area (Å²) in [5, 5.41) is 2.38. The van der Waals surface area contributed by atoms with Gasteiger partial charge >= 0.3 is 6.03 Å². The van der Waals surface area contributed by atoms with Crippen molar-refractivity contribution in [2.24, 2.45) is 0 Å². The van der Waals surface area contributed by atoms with E-state index in [0.717, 1.165) is 5.69 Å². The van der Waals surface area contributed by atoms with Crippen molar-refractivity contribution in [2.75, 3.05) is 24.3 Å². The first-order valence-corrected chi connectivity index (χ1v) is 3.89. The lowest BCUT2D eigenvalue weighted by Crippen LogP contribution is -2.10. The average molecular weight is 178 g/mol. The molecule has 0 saturated heterocycles. The molecule has 0 unspecified atom stereocenters. The van der Waals surface area contributed by atoms with E-state index in [1.54, 1.807) is 12.1 Å². The third-order valence-corrected chi connectivity index (χ3v) is 1.64. The molecule has 1 aromatic carbocycles. The molecule has 2 amide bonds. The lowest BCUT2D eigenvalue weighted by Gasteiger charge is -2.12. The Bertz CT molecular complexity index is 292. The van der Waals surface area contributed by atoms with E-state index >= 15 is 0 Å². The Morgan fingerprint density at radius 3 is 2.23 bits per heavy atom. The number of nitrogens with one attached hydrogen (secondary N) is 2. The minimum Gasteiger partial charge on any atom is -0.378 e. The van der Waals surface area contributed by atoms with Crippen molar-refractivity contribution in [3.05, 3.63) is 24.3 Å². The molecule has 1 aromatic rings. The lowest BCUT2D eigenvalue weighted by molar-refractivity contribution is 0.258. The van der Waals surface area contributed by atoms with Gasteiger partial charge in [-0.3, -0.25) is 0 Å². The van der Waals surface area contributed by atoms with Crippen molar-refractivity contribution in [2.45, 2.75) is 0 Å². The number of benzene rings is 1. The summed E-state index contributed by atoms with van der Waals surface area (Å²) in [5.41, 5.74) is 8.40. The highest BCUT2D eigenvalue weighted by molar-refractivity contribution is 5.87. The number of hydrogen-bond donors (Lipinski definition) is 1. The first-order valence-electron chi connectivity index (χ1n) is 3.89. The van der Waals surface area contributed by atoms with Crippen LogP contribution < -0.4 is 16.0 Å². The Morgan fingerprint density at radius 2 is 1.85 bits per heavy atom. The standard InChI is InChI=1S/C9H12N3O/c1-12(2)8-5-3-7(4-6-8)11-9(10)13/h3-6,10H,1-2H3,(H,11,13). The van der Waals surface area contributed by atoms with Crippen LogP contribution in [0.1, 0.15) is 0 Å². The van der Waals surface area contributed by atoms with E-state index in [4.69, 9.17) is 5.73 Å². The van der Waals surface area contributed by atoms with Crippen LogP contribution in [-0.2, 0) is 0 Å². The van der Waals surface area contributed by atoms with Gasteiger partial charge in [-0.2, -0.15) is 0 Å². The maximum Gasteiger partial charge on any atom is 0.337 e. The van der Waals surface area contributed by atoms with Crippen LogP contribution in [0.15, 0.2) is 24.3 Å². The summed E-state index contributed by atoms with van der Waals surface area (Å²) in [7, 11) is 3.89. The average Bonchev–Trinajstić information content (AvgIpc) is 2.04. The van der Waals surface area contributed by atoms with Gasteiger partial charge in [-0.1, -0.05) is 0 Å². The summed E-state index contributed by atoms with van der Waals surface area (Å²) in [6.07, 6.45) is 0. The van der Waals surface area contributed by atoms with Crippen LogP contribution in [-0.4, -0.2) is 20.1 Å². The zero-order chi connectivity index (χ0) is 9.84. The van der Waals surface area contributed by atoms with Crippen LogP contribution in [0.3, 0.4) is 0 Å². The summed E-state index contributed by atoms with van der Waals surface area (Å²) in [6.45, 7) is 0. The minimum atomic E-state index is -0.794. The van der Waals surface area contributed by atoms with Gasteiger partial charge in [-0.05, 0) is 24.3 Å². The molecule has 0 fully saturated rings. The zero-order valence-electron chi connectivity index (χ0n) is 7.66. The second kappa shape index (κ2) is 3.80. The van der Waals surface area contributed by atoms with Gasteiger partial charge in [0.2, 0.25) is 0 Å². The highest BCUT2D eigenvalue weighted by atomic mass is 16.2.